The number of hydrogen-bond acceptors (Lipinski definition) is 5. The van der Waals surface area contributed by atoms with Crippen LogP contribution in [0.15, 0.2) is 24.4 Å². The molecule has 1 N–H and O–H groups in total. The molecule has 1 aromatic heterocycles. The fourth-order valence-corrected chi connectivity index (χ4v) is 4.40. The molecule has 1 unspecified atom stereocenters. The fourth-order valence-electron chi connectivity index (χ4n) is 4.40. The van der Waals surface area contributed by atoms with Crippen LogP contribution in [0.3, 0.4) is 0 Å². The topological polar surface area (TPSA) is 51.7 Å². The summed E-state index contributed by atoms with van der Waals surface area (Å²) in [5, 5.41) is 3.48. The van der Waals surface area contributed by atoms with Crippen LogP contribution < -0.4 is 10.2 Å². The zero-order valence-electron chi connectivity index (χ0n) is 15.1. The third-order valence-corrected chi connectivity index (χ3v) is 5.95. The normalized spacial score (nSPS) is 30.8. The first kappa shape index (κ1) is 16.8. The molecule has 6 nitrogen and oxygen atoms in total. The molecule has 3 fully saturated rings. The van der Waals surface area contributed by atoms with Gasteiger partial charge in [-0.15, -0.1) is 0 Å². The summed E-state index contributed by atoms with van der Waals surface area (Å²) in [5.74, 6) is 2.04. The van der Waals surface area contributed by atoms with Crippen LogP contribution in [0.1, 0.15) is 19.8 Å². The zero-order valence-corrected chi connectivity index (χ0v) is 15.1. The first-order valence-electron chi connectivity index (χ1n) is 9.63. The third-order valence-electron chi connectivity index (χ3n) is 5.95. The highest BCUT2D eigenvalue weighted by atomic mass is 16.2. The molecule has 0 aromatic carbocycles. The maximum absolute atomic E-state index is 12.7. The van der Waals surface area contributed by atoms with E-state index in [1.807, 2.05) is 18.3 Å². The number of nitrogens with one attached hydrogen (secondary N) is 1. The van der Waals surface area contributed by atoms with Crippen molar-refractivity contribution in [2.75, 3.05) is 50.7 Å². The molecule has 0 aliphatic carbocycles. The lowest BCUT2D eigenvalue weighted by Crippen LogP contribution is -2.51. The van der Waals surface area contributed by atoms with Crippen LogP contribution in [0, 0.1) is 5.92 Å². The molecule has 1 aromatic rings. The van der Waals surface area contributed by atoms with E-state index in [2.05, 4.69) is 38.0 Å². The van der Waals surface area contributed by atoms with Gasteiger partial charge in [0.25, 0.3) is 0 Å². The maximum Gasteiger partial charge on any atom is 0.239 e. The van der Waals surface area contributed by atoms with Crippen LogP contribution in [0.5, 0.6) is 0 Å². The zero-order chi connectivity index (χ0) is 17.2. The lowest BCUT2D eigenvalue weighted by atomic mass is 10.1. The number of carbonyl (C=O) groups excluding carboxylic acids is 1. The molecule has 4 heterocycles. The quantitative estimate of drug-likeness (QED) is 0.880. The van der Waals surface area contributed by atoms with Crippen LogP contribution in [0.2, 0.25) is 0 Å². The van der Waals surface area contributed by atoms with E-state index in [4.69, 9.17) is 0 Å². The standard InChI is InChI=1S/C19H29N5O/c1-15-5-7-24(14-15)19(25)17-12-16(13-21-17)22-8-10-23(11-9-22)18-4-2-3-6-20-18/h2-4,6,15-17,21H,5,7-14H2,1H3/t15?,16-,17-/m0/s1. The van der Waals surface area contributed by atoms with Gasteiger partial charge in [-0.1, -0.05) is 13.0 Å². The van der Waals surface area contributed by atoms with Crippen molar-refractivity contribution in [3.05, 3.63) is 24.4 Å². The Balaban J connectivity index is 1.28. The minimum absolute atomic E-state index is 0.0177. The molecule has 4 rings (SSSR count). The summed E-state index contributed by atoms with van der Waals surface area (Å²) in [6, 6.07) is 6.59. The van der Waals surface area contributed by atoms with Crippen molar-refractivity contribution >= 4 is 11.7 Å². The number of pyridine rings is 1. The number of rotatable bonds is 3. The molecule has 25 heavy (non-hydrogen) atoms. The van der Waals surface area contributed by atoms with Crippen molar-refractivity contribution in [1.29, 1.82) is 0 Å². The molecule has 136 valence electrons. The molecule has 0 radical (unpaired) electrons. The van der Waals surface area contributed by atoms with Gasteiger partial charge in [-0.05, 0) is 30.9 Å². The summed E-state index contributed by atoms with van der Waals surface area (Å²) >= 11 is 0. The van der Waals surface area contributed by atoms with Crippen LogP contribution in [-0.4, -0.2) is 78.6 Å². The minimum atomic E-state index is 0.0177. The van der Waals surface area contributed by atoms with Crippen molar-refractivity contribution in [2.24, 2.45) is 5.92 Å². The van der Waals surface area contributed by atoms with Crippen LogP contribution >= 0.6 is 0 Å². The van der Waals surface area contributed by atoms with Crippen LogP contribution in [0.25, 0.3) is 0 Å². The van der Waals surface area contributed by atoms with E-state index in [0.29, 0.717) is 17.9 Å². The SMILES string of the molecule is CC1CCN(C(=O)[C@@H]2C[C@H](N3CCN(c4ccccn4)CC3)CN2)C1. The molecular formula is C19H29N5O. The number of likely N-dealkylation sites (tertiary alicyclic amines) is 1. The molecule has 0 saturated carbocycles. The number of aromatic nitrogens is 1. The van der Waals surface area contributed by atoms with Crippen molar-refractivity contribution in [1.82, 2.24) is 20.1 Å². The lowest BCUT2D eigenvalue weighted by Gasteiger charge is -2.38. The Labute approximate surface area is 150 Å². The first-order valence-corrected chi connectivity index (χ1v) is 9.63. The van der Waals surface area contributed by atoms with Crippen LogP contribution in [0.4, 0.5) is 5.82 Å². The van der Waals surface area contributed by atoms with E-state index in [-0.39, 0.29) is 6.04 Å². The van der Waals surface area contributed by atoms with Crippen molar-refractivity contribution < 1.29 is 4.79 Å². The highest BCUT2D eigenvalue weighted by Crippen LogP contribution is 2.22. The van der Waals surface area contributed by atoms with Crippen molar-refractivity contribution in [3.8, 4) is 0 Å². The average Bonchev–Trinajstić information content (AvgIpc) is 3.31. The van der Waals surface area contributed by atoms with E-state index in [1.54, 1.807) is 0 Å². The second-order valence-corrected chi connectivity index (χ2v) is 7.74. The Morgan fingerprint density at radius 2 is 2.04 bits per heavy atom. The molecule has 3 aliphatic heterocycles. The van der Waals surface area contributed by atoms with Gasteiger partial charge in [-0.3, -0.25) is 9.69 Å². The molecule has 3 aliphatic rings. The predicted molar refractivity (Wildman–Crippen MR) is 98.6 cm³/mol. The Kier molecular flexibility index (Phi) is 4.90. The minimum Gasteiger partial charge on any atom is -0.354 e. The molecular weight excluding hydrogens is 314 g/mol. The Morgan fingerprint density at radius 1 is 1.20 bits per heavy atom. The molecule has 1 amide bonds. The molecule has 0 spiro atoms. The maximum atomic E-state index is 12.7. The molecule has 0 bridgehead atoms. The summed E-state index contributed by atoms with van der Waals surface area (Å²) in [7, 11) is 0. The fraction of sp³-hybridized carbons (Fsp3) is 0.684. The number of carbonyl (C=O) groups is 1. The Hall–Kier alpha value is -1.66. The number of amides is 1. The number of nitrogens with zero attached hydrogens (tertiary/aromatic N) is 4. The monoisotopic (exact) mass is 343 g/mol. The highest BCUT2D eigenvalue weighted by Gasteiger charge is 2.37. The molecule has 3 saturated heterocycles. The van der Waals surface area contributed by atoms with Gasteiger partial charge in [-0.2, -0.15) is 0 Å². The highest BCUT2D eigenvalue weighted by molar-refractivity contribution is 5.82. The largest absolute Gasteiger partial charge is 0.354 e. The van der Waals surface area contributed by atoms with Crippen molar-refractivity contribution in [2.45, 2.75) is 31.8 Å². The predicted octanol–water partition coefficient (Wildman–Crippen LogP) is 0.803. The van der Waals surface area contributed by atoms with E-state index < -0.39 is 0 Å². The van der Waals surface area contributed by atoms with Gasteiger partial charge < -0.3 is 15.1 Å². The smallest absolute Gasteiger partial charge is 0.239 e. The van der Waals surface area contributed by atoms with Crippen molar-refractivity contribution in [3.63, 3.8) is 0 Å². The summed E-state index contributed by atoms with van der Waals surface area (Å²) in [6.07, 6.45) is 3.96. The number of hydrogen-bond donors (Lipinski definition) is 1. The number of piperazine rings is 1. The summed E-state index contributed by atoms with van der Waals surface area (Å²) in [4.78, 5) is 24.1. The van der Waals surface area contributed by atoms with Gasteiger partial charge in [0, 0.05) is 58.1 Å². The number of anilines is 1. The van der Waals surface area contributed by atoms with E-state index in [9.17, 15) is 4.79 Å². The van der Waals surface area contributed by atoms with Gasteiger partial charge in [0.2, 0.25) is 5.91 Å². The van der Waals surface area contributed by atoms with Gasteiger partial charge in [0.1, 0.15) is 5.82 Å². The van der Waals surface area contributed by atoms with Gasteiger partial charge in [0.15, 0.2) is 0 Å². The van der Waals surface area contributed by atoms with E-state index >= 15 is 0 Å². The summed E-state index contributed by atoms with van der Waals surface area (Å²) in [6.45, 7) is 9.15. The summed E-state index contributed by atoms with van der Waals surface area (Å²) in [5.41, 5.74) is 0. The van der Waals surface area contributed by atoms with Crippen LogP contribution in [-0.2, 0) is 4.79 Å². The second-order valence-electron chi connectivity index (χ2n) is 7.74. The molecule has 6 heteroatoms. The average molecular weight is 343 g/mol. The van der Waals surface area contributed by atoms with Gasteiger partial charge >= 0.3 is 0 Å². The Bertz CT molecular complexity index is 587. The van der Waals surface area contributed by atoms with Gasteiger partial charge in [0.05, 0.1) is 6.04 Å². The summed E-state index contributed by atoms with van der Waals surface area (Å²) < 4.78 is 0. The first-order chi connectivity index (χ1) is 12.2. The third kappa shape index (κ3) is 3.65. The molecule has 3 atom stereocenters. The Morgan fingerprint density at radius 3 is 2.72 bits per heavy atom. The van der Waals surface area contributed by atoms with Gasteiger partial charge in [-0.25, -0.2) is 4.98 Å². The van der Waals surface area contributed by atoms with E-state index in [1.165, 1.54) is 0 Å². The lowest BCUT2D eigenvalue weighted by molar-refractivity contribution is -0.132. The second kappa shape index (κ2) is 7.30. The van der Waals surface area contributed by atoms with E-state index in [0.717, 1.165) is 64.5 Å².